The van der Waals surface area contributed by atoms with E-state index < -0.39 is 18.1 Å². The summed E-state index contributed by atoms with van der Waals surface area (Å²) in [5.41, 5.74) is 0. The molecule has 2 unspecified atom stereocenters. The Bertz CT molecular complexity index is 1460. The van der Waals surface area contributed by atoms with Crippen LogP contribution in [0.5, 0.6) is 0 Å². The zero-order valence-electron chi connectivity index (χ0n) is 45.7. The second-order valence-electron chi connectivity index (χ2n) is 19.8. The van der Waals surface area contributed by atoms with Gasteiger partial charge in [0.1, 0.15) is 12.6 Å². The molecule has 0 aromatic heterocycles. The normalized spacial score (nSPS) is 13.6. The smallest absolute Gasteiger partial charge is 0.306 e. The Morgan fingerprint density at radius 1 is 0.429 bits per heavy atom. The molecular weight excluding hydrogens is 871 g/mol. The van der Waals surface area contributed by atoms with Crippen molar-refractivity contribution in [3.63, 3.8) is 0 Å². The molecule has 2 atom stereocenters. The van der Waals surface area contributed by atoms with Crippen LogP contribution in [0.2, 0.25) is 0 Å². The van der Waals surface area contributed by atoms with Crippen LogP contribution in [0.1, 0.15) is 226 Å². The molecule has 0 saturated carbocycles. The number of likely N-dealkylation sites (N-methyl/N-ethyl adjacent to an activating group) is 1. The molecular formula is C62H105NO7. The number of aliphatic carboxylic acids is 1. The fraction of sp³-hybridized carbons (Fsp3) is 0.694. The van der Waals surface area contributed by atoms with E-state index in [1.54, 1.807) is 21.1 Å². The summed E-state index contributed by atoms with van der Waals surface area (Å²) in [6.07, 6.45) is 70.1. The Hall–Kier alpha value is -3.75. The monoisotopic (exact) mass is 976 g/mol. The van der Waals surface area contributed by atoms with Crippen LogP contribution in [0, 0.1) is 0 Å². The van der Waals surface area contributed by atoms with Gasteiger partial charge in [-0.3, -0.25) is 9.59 Å². The molecule has 0 heterocycles. The zero-order chi connectivity index (χ0) is 51.3. The third kappa shape index (κ3) is 49.2. The summed E-state index contributed by atoms with van der Waals surface area (Å²) >= 11 is 0. The number of carboxylic acids is 1. The van der Waals surface area contributed by atoms with Gasteiger partial charge in [-0.05, 0) is 89.9 Å². The van der Waals surface area contributed by atoms with Crippen molar-refractivity contribution >= 4 is 17.9 Å². The molecule has 70 heavy (non-hydrogen) atoms. The lowest BCUT2D eigenvalue weighted by Crippen LogP contribution is -2.55. The molecule has 0 fully saturated rings. The SMILES string of the molecule is CC/C=C/C/C=C/C/C=C/C/C=C/CCCCCCCCCCCCC(=O)OCC(COCCC(C(=O)[O-])[N+](C)(C)C)OC(=O)CCCCCCCCCCCC/C=C/C/C=C/C/C=C/C/C=C/CC. The maximum Gasteiger partial charge on any atom is 0.306 e. The Morgan fingerprint density at radius 2 is 0.757 bits per heavy atom. The topological polar surface area (TPSA) is 102 Å². The molecule has 8 heteroatoms. The quantitative estimate of drug-likeness (QED) is 0.0259. The lowest BCUT2D eigenvalue weighted by atomic mass is 10.0. The minimum absolute atomic E-state index is 0.0334. The second kappa shape index (κ2) is 51.6. The number of hydrogen-bond acceptors (Lipinski definition) is 7. The number of hydrogen-bond donors (Lipinski definition) is 0. The number of quaternary nitrogens is 1. The van der Waals surface area contributed by atoms with Gasteiger partial charge in [0.25, 0.3) is 0 Å². The summed E-state index contributed by atoms with van der Waals surface area (Å²) in [5.74, 6) is -1.75. The Balaban J connectivity index is 4.21. The molecule has 0 aromatic carbocycles. The van der Waals surface area contributed by atoms with Gasteiger partial charge in [-0.2, -0.15) is 0 Å². The highest BCUT2D eigenvalue weighted by Gasteiger charge is 2.25. The molecule has 0 aliphatic carbocycles. The molecule has 400 valence electrons. The third-order valence-corrected chi connectivity index (χ3v) is 12.2. The molecule has 0 saturated heterocycles. The number of nitrogens with zero attached hydrogens (tertiary/aromatic N) is 1. The van der Waals surface area contributed by atoms with Gasteiger partial charge in [-0.25, -0.2) is 0 Å². The van der Waals surface area contributed by atoms with Crippen LogP contribution in [0.15, 0.2) is 97.2 Å². The number of allylic oxidation sites excluding steroid dienone is 16. The van der Waals surface area contributed by atoms with E-state index >= 15 is 0 Å². The fourth-order valence-electron chi connectivity index (χ4n) is 7.94. The predicted molar refractivity (Wildman–Crippen MR) is 295 cm³/mol. The van der Waals surface area contributed by atoms with Gasteiger partial charge in [0.05, 0.1) is 40.3 Å². The van der Waals surface area contributed by atoms with E-state index in [0.717, 1.165) is 96.3 Å². The van der Waals surface area contributed by atoms with E-state index in [1.165, 1.54) is 96.3 Å². The van der Waals surface area contributed by atoms with Crippen molar-refractivity contribution in [2.75, 3.05) is 41.0 Å². The highest BCUT2D eigenvalue weighted by molar-refractivity contribution is 5.70. The van der Waals surface area contributed by atoms with Gasteiger partial charge < -0.3 is 28.6 Å². The van der Waals surface area contributed by atoms with Gasteiger partial charge in [0.15, 0.2) is 6.10 Å². The summed E-state index contributed by atoms with van der Waals surface area (Å²) in [6, 6.07) is -0.733. The standard InChI is InChI=1S/C62H105NO7/c1-6-8-10-12-14-16-18-20-22-24-26-28-30-32-34-36-38-40-42-44-46-48-50-52-60(64)69-57-58(56-68-55-54-59(62(66)67)63(3,4)5)70-61(65)53-51-49-47-45-43-41-39-37-35-33-31-29-27-25-23-21-19-17-15-13-11-9-7-2/h8-11,14-17,20-23,26-29,58-59H,6-7,12-13,18-19,24-25,30-57H2,1-5H3/b10-8+,11-9+,16-14+,17-15+,22-20+,23-21+,28-26+,29-27+. The maximum absolute atomic E-state index is 12.8. The molecule has 0 amide bonds. The Morgan fingerprint density at radius 3 is 1.11 bits per heavy atom. The molecule has 0 N–H and O–H groups in total. The lowest BCUT2D eigenvalue weighted by Gasteiger charge is -2.34. The van der Waals surface area contributed by atoms with Gasteiger partial charge in [0, 0.05) is 19.3 Å². The second-order valence-corrected chi connectivity index (χ2v) is 19.8. The van der Waals surface area contributed by atoms with Crippen LogP contribution in [0.3, 0.4) is 0 Å². The van der Waals surface area contributed by atoms with Crippen molar-refractivity contribution < 1.29 is 38.2 Å². The fourth-order valence-corrected chi connectivity index (χ4v) is 7.94. The molecule has 0 spiro atoms. The van der Waals surface area contributed by atoms with Crippen LogP contribution in [-0.4, -0.2) is 75.5 Å². The van der Waals surface area contributed by atoms with Crippen LogP contribution < -0.4 is 5.11 Å². The van der Waals surface area contributed by atoms with E-state index in [-0.39, 0.29) is 42.7 Å². The Kier molecular flexibility index (Phi) is 48.8. The number of carbonyl (C=O) groups excluding carboxylic acids is 3. The number of carbonyl (C=O) groups is 3. The predicted octanol–water partition coefficient (Wildman–Crippen LogP) is 15.6. The van der Waals surface area contributed by atoms with Crippen molar-refractivity contribution in [1.29, 1.82) is 0 Å². The van der Waals surface area contributed by atoms with E-state index in [0.29, 0.717) is 12.8 Å². The average molecular weight is 977 g/mol. The molecule has 0 aromatic rings. The third-order valence-electron chi connectivity index (χ3n) is 12.2. The summed E-state index contributed by atoms with van der Waals surface area (Å²) in [7, 11) is 5.41. The van der Waals surface area contributed by atoms with E-state index in [4.69, 9.17) is 14.2 Å². The van der Waals surface area contributed by atoms with E-state index in [1.807, 2.05) is 0 Å². The first kappa shape index (κ1) is 66.2. The van der Waals surface area contributed by atoms with Crippen LogP contribution in [0.4, 0.5) is 0 Å². The molecule has 0 bridgehead atoms. The van der Waals surface area contributed by atoms with Crippen molar-refractivity contribution in [3.05, 3.63) is 97.2 Å². The molecule has 0 aliphatic rings. The van der Waals surface area contributed by atoms with E-state index in [2.05, 4.69) is 111 Å². The lowest BCUT2D eigenvalue weighted by molar-refractivity contribution is -0.889. The molecule has 0 rings (SSSR count). The summed E-state index contributed by atoms with van der Waals surface area (Å²) in [6.45, 7) is 4.44. The molecule has 0 aliphatic heterocycles. The number of rotatable bonds is 50. The summed E-state index contributed by atoms with van der Waals surface area (Å²) in [5, 5.41) is 11.7. The number of ether oxygens (including phenoxy) is 3. The molecule has 0 radical (unpaired) electrons. The van der Waals surface area contributed by atoms with Gasteiger partial charge in [-0.1, -0.05) is 214 Å². The van der Waals surface area contributed by atoms with Crippen molar-refractivity contribution in [2.24, 2.45) is 0 Å². The van der Waals surface area contributed by atoms with Crippen LogP contribution in [-0.2, 0) is 28.6 Å². The van der Waals surface area contributed by atoms with Gasteiger partial charge in [0.2, 0.25) is 0 Å². The van der Waals surface area contributed by atoms with Gasteiger partial charge in [-0.15, -0.1) is 0 Å². The summed E-state index contributed by atoms with van der Waals surface area (Å²) in [4.78, 5) is 37.2. The first-order valence-corrected chi connectivity index (χ1v) is 28.3. The number of unbranched alkanes of at least 4 members (excludes halogenated alkanes) is 20. The number of esters is 2. The van der Waals surface area contributed by atoms with Crippen molar-refractivity contribution in [3.8, 4) is 0 Å². The van der Waals surface area contributed by atoms with Gasteiger partial charge >= 0.3 is 11.9 Å². The number of carboxylic acid groups (broad SMARTS) is 1. The minimum Gasteiger partial charge on any atom is -0.544 e. The van der Waals surface area contributed by atoms with Crippen molar-refractivity contribution in [1.82, 2.24) is 0 Å². The van der Waals surface area contributed by atoms with Crippen LogP contribution in [0.25, 0.3) is 0 Å². The average Bonchev–Trinajstić information content (AvgIpc) is 3.33. The first-order chi connectivity index (χ1) is 34.1. The highest BCUT2D eigenvalue weighted by atomic mass is 16.6. The minimum atomic E-state index is -1.13. The molecule has 8 nitrogen and oxygen atoms in total. The Labute approximate surface area is 430 Å². The van der Waals surface area contributed by atoms with E-state index in [9.17, 15) is 19.5 Å². The summed E-state index contributed by atoms with van der Waals surface area (Å²) < 4.78 is 17.3. The van der Waals surface area contributed by atoms with Crippen LogP contribution >= 0.6 is 0 Å². The zero-order valence-corrected chi connectivity index (χ0v) is 45.7. The maximum atomic E-state index is 12.8. The van der Waals surface area contributed by atoms with Crippen molar-refractivity contribution in [2.45, 2.75) is 238 Å². The first-order valence-electron chi connectivity index (χ1n) is 28.3. The largest absolute Gasteiger partial charge is 0.544 e. The highest BCUT2D eigenvalue weighted by Crippen LogP contribution is 2.15.